The highest BCUT2D eigenvalue weighted by Gasteiger charge is 2.28. The predicted molar refractivity (Wildman–Crippen MR) is 92.7 cm³/mol. The molecule has 2 rings (SSSR count). The van der Waals surface area contributed by atoms with Crippen LogP contribution < -0.4 is 10.6 Å². The van der Waals surface area contributed by atoms with E-state index in [4.69, 9.17) is 4.74 Å². The number of morpholine rings is 1. The third-order valence-corrected chi connectivity index (χ3v) is 4.25. The van der Waals surface area contributed by atoms with Crippen LogP contribution in [0.25, 0.3) is 0 Å². The number of benzene rings is 1. The number of ether oxygens (including phenoxy) is 1. The van der Waals surface area contributed by atoms with Gasteiger partial charge in [-0.1, -0.05) is 6.07 Å². The van der Waals surface area contributed by atoms with Gasteiger partial charge in [-0.3, -0.25) is 9.89 Å². The molecule has 0 aromatic heterocycles. The van der Waals surface area contributed by atoms with Gasteiger partial charge in [-0.15, -0.1) is 0 Å². The zero-order valence-corrected chi connectivity index (χ0v) is 14.6. The van der Waals surface area contributed by atoms with E-state index in [2.05, 4.69) is 34.4 Å². The van der Waals surface area contributed by atoms with Crippen molar-refractivity contribution in [3.05, 3.63) is 29.6 Å². The van der Waals surface area contributed by atoms with Crippen LogP contribution in [-0.2, 0) is 11.3 Å². The molecular weight excluding hydrogens is 311 g/mol. The molecule has 24 heavy (non-hydrogen) atoms. The first kappa shape index (κ1) is 18.5. The van der Waals surface area contributed by atoms with Gasteiger partial charge in [0.25, 0.3) is 0 Å². The zero-order valence-electron chi connectivity index (χ0n) is 14.6. The highest BCUT2D eigenvalue weighted by molar-refractivity contribution is 5.79. The Kier molecular flexibility index (Phi) is 6.39. The van der Waals surface area contributed by atoms with Crippen LogP contribution in [0, 0.1) is 5.82 Å². The van der Waals surface area contributed by atoms with Crippen LogP contribution in [-0.4, -0.2) is 61.4 Å². The molecule has 1 saturated heterocycles. The van der Waals surface area contributed by atoms with E-state index in [1.165, 1.54) is 12.1 Å². The smallest absolute Gasteiger partial charge is 0.191 e. The van der Waals surface area contributed by atoms with Crippen molar-refractivity contribution in [2.24, 2.45) is 4.99 Å². The lowest BCUT2D eigenvalue weighted by Gasteiger charge is -2.41. The molecule has 1 aromatic rings. The average Bonchev–Trinajstić information content (AvgIpc) is 2.59. The molecular formula is C17H27FN4O2. The fourth-order valence-corrected chi connectivity index (χ4v) is 2.65. The maximum absolute atomic E-state index is 13.4. The Hall–Kier alpha value is -1.86. The van der Waals surface area contributed by atoms with Crippen molar-refractivity contribution in [3.63, 3.8) is 0 Å². The van der Waals surface area contributed by atoms with Gasteiger partial charge < -0.3 is 20.5 Å². The van der Waals surface area contributed by atoms with Gasteiger partial charge in [-0.05, 0) is 31.5 Å². The van der Waals surface area contributed by atoms with Crippen LogP contribution in [0.4, 0.5) is 4.39 Å². The Bertz CT molecular complexity index is 572. The Morgan fingerprint density at radius 2 is 2.04 bits per heavy atom. The van der Waals surface area contributed by atoms with E-state index in [1.54, 1.807) is 13.1 Å². The maximum atomic E-state index is 13.4. The van der Waals surface area contributed by atoms with Crippen molar-refractivity contribution in [2.45, 2.75) is 25.9 Å². The van der Waals surface area contributed by atoms with E-state index in [1.807, 2.05) is 0 Å². The van der Waals surface area contributed by atoms with E-state index >= 15 is 0 Å². The van der Waals surface area contributed by atoms with Gasteiger partial charge in [0.1, 0.15) is 0 Å². The number of hydrogen-bond acceptors (Lipinski definition) is 4. The van der Waals surface area contributed by atoms with E-state index in [9.17, 15) is 9.50 Å². The van der Waals surface area contributed by atoms with Crippen molar-refractivity contribution in [3.8, 4) is 5.75 Å². The van der Waals surface area contributed by atoms with Gasteiger partial charge in [-0.25, -0.2) is 4.39 Å². The molecule has 134 valence electrons. The van der Waals surface area contributed by atoms with E-state index in [0.29, 0.717) is 12.5 Å². The largest absolute Gasteiger partial charge is 0.505 e. The Balaban J connectivity index is 1.84. The van der Waals surface area contributed by atoms with E-state index in [-0.39, 0.29) is 11.3 Å². The second kappa shape index (κ2) is 8.30. The normalized spacial score (nSPS) is 16.9. The number of rotatable bonds is 5. The Morgan fingerprint density at radius 1 is 1.33 bits per heavy atom. The van der Waals surface area contributed by atoms with Crippen LogP contribution in [0.15, 0.2) is 23.2 Å². The molecule has 1 aromatic carbocycles. The molecule has 1 heterocycles. The number of halogens is 1. The molecule has 0 aliphatic carbocycles. The van der Waals surface area contributed by atoms with Crippen molar-refractivity contribution in [1.82, 2.24) is 15.5 Å². The van der Waals surface area contributed by atoms with Crippen molar-refractivity contribution in [2.75, 3.05) is 39.9 Å². The second-order valence-electron chi connectivity index (χ2n) is 6.48. The molecule has 3 N–H and O–H groups in total. The Morgan fingerprint density at radius 3 is 2.67 bits per heavy atom. The van der Waals surface area contributed by atoms with Crippen molar-refractivity contribution in [1.29, 1.82) is 0 Å². The predicted octanol–water partition coefficient (Wildman–Crippen LogP) is 1.31. The molecule has 0 spiro atoms. The van der Waals surface area contributed by atoms with Crippen LogP contribution in [0.3, 0.4) is 0 Å². The molecule has 0 saturated carbocycles. The van der Waals surface area contributed by atoms with Gasteiger partial charge in [0.05, 0.1) is 13.2 Å². The summed E-state index contributed by atoms with van der Waals surface area (Å²) in [7, 11) is 1.70. The maximum Gasteiger partial charge on any atom is 0.191 e. The number of guanidine groups is 1. The van der Waals surface area contributed by atoms with Crippen LogP contribution >= 0.6 is 0 Å². The number of hydrogen-bond donors (Lipinski definition) is 3. The SMILES string of the molecule is CN=C(NCc1ccc(O)c(F)c1)NCC(C)(C)N1CCOCC1. The fourth-order valence-electron chi connectivity index (χ4n) is 2.65. The van der Waals surface area contributed by atoms with Crippen LogP contribution in [0.5, 0.6) is 5.75 Å². The molecule has 1 fully saturated rings. The molecule has 0 unspecified atom stereocenters. The monoisotopic (exact) mass is 338 g/mol. The fraction of sp³-hybridized carbons (Fsp3) is 0.588. The summed E-state index contributed by atoms with van der Waals surface area (Å²) in [5.74, 6) is -0.302. The summed E-state index contributed by atoms with van der Waals surface area (Å²) in [4.78, 5) is 6.59. The van der Waals surface area contributed by atoms with Gasteiger partial charge in [-0.2, -0.15) is 0 Å². The second-order valence-corrected chi connectivity index (χ2v) is 6.48. The molecule has 1 aliphatic rings. The highest BCUT2D eigenvalue weighted by atomic mass is 19.1. The molecule has 6 nitrogen and oxygen atoms in total. The molecule has 0 atom stereocenters. The van der Waals surface area contributed by atoms with Gasteiger partial charge >= 0.3 is 0 Å². The van der Waals surface area contributed by atoms with Gasteiger partial charge in [0.2, 0.25) is 0 Å². The third-order valence-electron chi connectivity index (χ3n) is 4.25. The lowest BCUT2D eigenvalue weighted by molar-refractivity contribution is -0.00834. The lowest BCUT2D eigenvalue weighted by Crippen LogP contribution is -2.56. The lowest BCUT2D eigenvalue weighted by atomic mass is 10.0. The molecule has 0 bridgehead atoms. The number of nitrogens with one attached hydrogen (secondary N) is 2. The Labute approximate surface area is 142 Å². The highest BCUT2D eigenvalue weighted by Crippen LogP contribution is 2.16. The molecule has 7 heteroatoms. The molecule has 1 aliphatic heterocycles. The summed E-state index contributed by atoms with van der Waals surface area (Å²) in [6, 6.07) is 4.34. The first-order valence-corrected chi connectivity index (χ1v) is 8.17. The summed E-state index contributed by atoms with van der Waals surface area (Å²) in [5, 5.41) is 15.7. The van der Waals surface area contributed by atoms with E-state index < -0.39 is 5.82 Å². The third kappa shape index (κ3) is 5.07. The summed E-state index contributed by atoms with van der Waals surface area (Å²) in [6.07, 6.45) is 0. The molecule has 0 amide bonds. The van der Waals surface area contributed by atoms with Crippen molar-refractivity contribution < 1.29 is 14.2 Å². The average molecular weight is 338 g/mol. The summed E-state index contributed by atoms with van der Waals surface area (Å²) >= 11 is 0. The minimum absolute atomic E-state index is 0.0218. The zero-order chi connectivity index (χ0) is 17.6. The summed E-state index contributed by atoms with van der Waals surface area (Å²) in [6.45, 7) is 8.92. The quantitative estimate of drug-likeness (QED) is 0.558. The summed E-state index contributed by atoms with van der Waals surface area (Å²) < 4.78 is 18.8. The number of phenolic OH excluding ortho intramolecular Hbond substituents is 1. The van der Waals surface area contributed by atoms with Crippen LogP contribution in [0.1, 0.15) is 19.4 Å². The first-order valence-electron chi connectivity index (χ1n) is 8.17. The van der Waals surface area contributed by atoms with Crippen molar-refractivity contribution >= 4 is 5.96 Å². The number of phenols is 1. The molecule has 0 radical (unpaired) electrons. The van der Waals surface area contributed by atoms with Crippen LogP contribution in [0.2, 0.25) is 0 Å². The number of aliphatic imine (C=N–C) groups is 1. The number of aromatic hydroxyl groups is 1. The van der Waals surface area contributed by atoms with E-state index in [0.717, 1.165) is 38.4 Å². The van der Waals surface area contributed by atoms with Gasteiger partial charge in [0.15, 0.2) is 17.5 Å². The standard InChI is InChI=1S/C17H27FN4O2/c1-17(2,22-6-8-24-9-7-22)12-21-16(19-3)20-11-13-4-5-15(23)14(18)10-13/h4-5,10,23H,6-9,11-12H2,1-3H3,(H2,19,20,21). The minimum atomic E-state index is -0.620. The summed E-state index contributed by atoms with van der Waals surface area (Å²) in [5.41, 5.74) is 0.715. The van der Waals surface area contributed by atoms with Gasteiger partial charge in [0, 0.05) is 38.8 Å². The first-order chi connectivity index (χ1) is 11.4. The minimum Gasteiger partial charge on any atom is -0.505 e. The number of nitrogens with zero attached hydrogens (tertiary/aromatic N) is 2. The topological polar surface area (TPSA) is 69.1 Å².